The van der Waals surface area contributed by atoms with E-state index >= 15 is 0 Å². The van der Waals surface area contributed by atoms with Crippen molar-refractivity contribution in [1.82, 2.24) is 14.7 Å². The average Bonchev–Trinajstić information content (AvgIpc) is 2.88. The predicted octanol–water partition coefficient (Wildman–Crippen LogP) is 2.07. The third kappa shape index (κ3) is 3.22. The van der Waals surface area contributed by atoms with E-state index in [-0.39, 0.29) is 12.1 Å². The molecule has 0 saturated carbocycles. The first-order valence-electron chi connectivity index (χ1n) is 6.45. The highest BCUT2D eigenvalue weighted by Gasteiger charge is 2.22. The van der Waals surface area contributed by atoms with Gasteiger partial charge in [-0.2, -0.15) is 5.10 Å². The van der Waals surface area contributed by atoms with Crippen molar-refractivity contribution in [3.63, 3.8) is 0 Å². The van der Waals surface area contributed by atoms with E-state index in [2.05, 4.69) is 10.00 Å². The lowest BCUT2D eigenvalue weighted by Gasteiger charge is -2.33. The summed E-state index contributed by atoms with van der Waals surface area (Å²) in [6.45, 7) is 4.87. The van der Waals surface area contributed by atoms with E-state index in [1.54, 1.807) is 0 Å². The smallest absolute Gasteiger partial charge is 0.0769 e. The van der Waals surface area contributed by atoms with Crippen molar-refractivity contribution in [3.8, 4) is 5.69 Å². The molecule has 4 nitrogen and oxygen atoms in total. The number of aliphatic hydroxyl groups is 1. The molecule has 0 bridgehead atoms. The van der Waals surface area contributed by atoms with Gasteiger partial charge in [-0.15, -0.1) is 0 Å². The molecule has 0 unspecified atom stereocenters. The van der Waals surface area contributed by atoms with E-state index < -0.39 is 0 Å². The molecule has 0 amide bonds. The molecule has 0 aliphatic carbocycles. The first kappa shape index (κ1) is 13.8. The number of rotatable bonds is 5. The first-order chi connectivity index (χ1) is 9.03. The Balaban J connectivity index is 2.10. The van der Waals surface area contributed by atoms with Gasteiger partial charge in [-0.05, 0) is 39.1 Å². The molecule has 4 heteroatoms. The maximum Gasteiger partial charge on any atom is 0.0769 e. The lowest BCUT2D eigenvalue weighted by molar-refractivity contribution is 0.0724. The SMILES string of the molecule is CN(Cc1ccn(-c2ccccc2)n1)C(C)(C)CO. The first-order valence-corrected chi connectivity index (χ1v) is 6.45. The molecule has 1 aromatic carbocycles. The standard InChI is InChI=1S/C15H21N3O/c1-15(2,12-19)17(3)11-13-9-10-18(16-13)14-7-5-4-6-8-14/h4-10,19H,11-12H2,1-3H3. The Morgan fingerprint density at radius 1 is 1.21 bits per heavy atom. The van der Waals surface area contributed by atoms with Crippen LogP contribution in [0.15, 0.2) is 42.6 Å². The summed E-state index contributed by atoms with van der Waals surface area (Å²) in [6.07, 6.45) is 1.96. The fourth-order valence-electron chi connectivity index (χ4n) is 1.75. The Hall–Kier alpha value is -1.65. The number of hydrogen-bond acceptors (Lipinski definition) is 3. The Bertz CT molecular complexity index is 519. The van der Waals surface area contributed by atoms with Gasteiger partial charge in [0.15, 0.2) is 0 Å². The summed E-state index contributed by atoms with van der Waals surface area (Å²) in [5.41, 5.74) is 1.81. The van der Waals surface area contributed by atoms with E-state index in [1.807, 2.05) is 68.2 Å². The van der Waals surface area contributed by atoms with Gasteiger partial charge in [0.25, 0.3) is 0 Å². The zero-order valence-corrected chi connectivity index (χ0v) is 11.7. The Labute approximate surface area is 114 Å². The highest BCUT2D eigenvalue weighted by molar-refractivity contribution is 5.30. The van der Waals surface area contributed by atoms with E-state index in [1.165, 1.54) is 0 Å². The largest absolute Gasteiger partial charge is 0.394 e. The molecule has 0 fully saturated rings. The highest BCUT2D eigenvalue weighted by Crippen LogP contribution is 2.15. The van der Waals surface area contributed by atoms with E-state index in [9.17, 15) is 5.11 Å². The maximum absolute atomic E-state index is 9.36. The van der Waals surface area contributed by atoms with Crippen molar-refractivity contribution >= 4 is 0 Å². The van der Waals surface area contributed by atoms with Gasteiger partial charge in [-0.3, -0.25) is 4.90 Å². The summed E-state index contributed by atoms with van der Waals surface area (Å²) < 4.78 is 1.87. The topological polar surface area (TPSA) is 41.3 Å². The quantitative estimate of drug-likeness (QED) is 0.893. The van der Waals surface area contributed by atoms with Gasteiger partial charge in [0.1, 0.15) is 0 Å². The van der Waals surface area contributed by atoms with E-state index in [0.29, 0.717) is 6.54 Å². The molecule has 0 aliphatic rings. The van der Waals surface area contributed by atoms with Crippen molar-refractivity contribution in [1.29, 1.82) is 0 Å². The lowest BCUT2D eigenvalue weighted by atomic mass is 10.1. The monoisotopic (exact) mass is 259 g/mol. The number of aromatic nitrogens is 2. The van der Waals surface area contributed by atoms with Gasteiger partial charge < -0.3 is 5.11 Å². The second-order valence-corrected chi connectivity index (χ2v) is 5.41. The van der Waals surface area contributed by atoms with Crippen LogP contribution in [0.3, 0.4) is 0 Å². The van der Waals surface area contributed by atoms with Crippen LogP contribution in [-0.4, -0.2) is 39.0 Å². The normalized spacial score (nSPS) is 12.1. The molecule has 0 aliphatic heterocycles. The highest BCUT2D eigenvalue weighted by atomic mass is 16.3. The molecule has 0 atom stereocenters. The molecule has 1 N–H and O–H groups in total. The van der Waals surface area contributed by atoms with E-state index in [4.69, 9.17) is 0 Å². The third-order valence-electron chi connectivity index (χ3n) is 3.48. The van der Waals surface area contributed by atoms with Crippen molar-refractivity contribution in [2.45, 2.75) is 25.9 Å². The summed E-state index contributed by atoms with van der Waals surface area (Å²) in [5.74, 6) is 0. The molecular weight excluding hydrogens is 238 g/mol. The Morgan fingerprint density at radius 3 is 2.53 bits per heavy atom. The maximum atomic E-state index is 9.36. The van der Waals surface area contributed by atoms with Crippen LogP contribution in [0.5, 0.6) is 0 Å². The van der Waals surface area contributed by atoms with Crippen LogP contribution in [0, 0.1) is 0 Å². The zero-order valence-electron chi connectivity index (χ0n) is 11.7. The average molecular weight is 259 g/mol. The van der Waals surface area contributed by atoms with Gasteiger partial charge >= 0.3 is 0 Å². The van der Waals surface area contributed by atoms with Gasteiger partial charge in [0.05, 0.1) is 18.0 Å². The molecule has 0 radical (unpaired) electrons. The second kappa shape index (κ2) is 5.55. The molecular formula is C15H21N3O. The van der Waals surface area contributed by atoms with Crippen LogP contribution >= 0.6 is 0 Å². The number of hydrogen-bond donors (Lipinski definition) is 1. The minimum absolute atomic E-state index is 0.128. The molecule has 2 aromatic rings. The summed E-state index contributed by atoms with van der Waals surface area (Å²) in [4.78, 5) is 2.10. The number of likely N-dealkylation sites (N-methyl/N-ethyl adjacent to an activating group) is 1. The van der Waals surface area contributed by atoms with Crippen LogP contribution < -0.4 is 0 Å². The van der Waals surface area contributed by atoms with Crippen molar-refractivity contribution in [2.75, 3.05) is 13.7 Å². The minimum Gasteiger partial charge on any atom is -0.394 e. The van der Waals surface area contributed by atoms with Crippen LogP contribution in [0.25, 0.3) is 5.69 Å². The molecule has 1 aromatic heterocycles. The molecule has 0 saturated heterocycles. The summed E-state index contributed by atoms with van der Waals surface area (Å²) in [7, 11) is 2.00. The van der Waals surface area contributed by atoms with Crippen LogP contribution in [0.4, 0.5) is 0 Å². The summed E-state index contributed by atoms with van der Waals surface area (Å²) in [6, 6.07) is 12.0. The minimum atomic E-state index is -0.240. The Morgan fingerprint density at radius 2 is 1.89 bits per heavy atom. The molecule has 2 rings (SSSR count). The fourth-order valence-corrected chi connectivity index (χ4v) is 1.75. The van der Waals surface area contributed by atoms with Gasteiger partial charge in [0.2, 0.25) is 0 Å². The second-order valence-electron chi connectivity index (χ2n) is 5.41. The number of para-hydroxylation sites is 1. The summed E-state index contributed by atoms with van der Waals surface area (Å²) in [5, 5.41) is 13.9. The Kier molecular flexibility index (Phi) is 4.02. The fraction of sp³-hybridized carbons (Fsp3) is 0.400. The van der Waals surface area contributed by atoms with E-state index in [0.717, 1.165) is 11.4 Å². The van der Waals surface area contributed by atoms with Crippen LogP contribution in [-0.2, 0) is 6.54 Å². The van der Waals surface area contributed by atoms with Crippen LogP contribution in [0.2, 0.25) is 0 Å². The lowest BCUT2D eigenvalue weighted by Crippen LogP contribution is -2.43. The number of nitrogens with zero attached hydrogens (tertiary/aromatic N) is 3. The van der Waals surface area contributed by atoms with Crippen molar-refractivity contribution < 1.29 is 5.11 Å². The molecule has 0 spiro atoms. The molecule has 19 heavy (non-hydrogen) atoms. The predicted molar refractivity (Wildman–Crippen MR) is 76.2 cm³/mol. The van der Waals surface area contributed by atoms with Gasteiger partial charge in [-0.1, -0.05) is 18.2 Å². The third-order valence-corrected chi connectivity index (χ3v) is 3.48. The molecule has 1 heterocycles. The van der Waals surface area contributed by atoms with Crippen molar-refractivity contribution in [3.05, 3.63) is 48.3 Å². The zero-order chi connectivity index (χ0) is 13.9. The molecule has 102 valence electrons. The van der Waals surface area contributed by atoms with Gasteiger partial charge in [0, 0.05) is 18.3 Å². The van der Waals surface area contributed by atoms with Gasteiger partial charge in [-0.25, -0.2) is 4.68 Å². The van der Waals surface area contributed by atoms with Crippen molar-refractivity contribution in [2.24, 2.45) is 0 Å². The van der Waals surface area contributed by atoms with Crippen LogP contribution in [0.1, 0.15) is 19.5 Å². The number of benzene rings is 1. The number of aliphatic hydroxyl groups excluding tert-OH is 1. The summed E-state index contributed by atoms with van der Waals surface area (Å²) >= 11 is 0.